The molecule has 0 aliphatic heterocycles. The third-order valence-corrected chi connectivity index (χ3v) is 5.05. The van der Waals surface area contributed by atoms with Gasteiger partial charge in [0.25, 0.3) is 15.9 Å². The Morgan fingerprint density at radius 2 is 1.73 bits per heavy atom. The second-order valence-electron chi connectivity index (χ2n) is 5.91. The molecule has 3 N–H and O–H groups in total. The number of carbonyl (C=O) groups excluding carboxylic acids is 1. The topological polar surface area (TPSA) is 104 Å². The van der Waals surface area contributed by atoms with Gasteiger partial charge >= 0.3 is 0 Å². The lowest BCUT2D eigenvalue weighted by atomic mass is 10.2. The molecule has 8 heteroatoms. The van der Waals surface area contributed by atoms with Crippen LogP contribution in [-0.2, 0) is 10.0 Å². The third kappa shape index (κ3) is 3.92. The van der Waals surface area contributed by atoms with Crippen molar-refractivity contribution in [2.45, 2.75) is 18.9 Å². The Morgan fingerprint density at radius 1 is 1.00 bits per heavy atom. The zero-order valence-corrected chi connectivity index (χ0v) is 15.1. The van der Waals surface area contributed by atoms with E-state index < -0.39 is 15.9 Å². The van der Waals surface area contributed by atoms with Gasteiger partial charge in [-0.25, -0.2) is 0 Å². The molecule has 3 aromatic rings. The Morgan fingerprint density at radius 3 is 2.42 bits per heavy atom. The fraction of sp³-hybridized carbons (Fsp3) is 0.111. The minimum absolute atomic E-state index is 0.0638. The Bertz CT molecular complexity index is 1040. The van der Waals surface area contributed by atoms with Crippen LogP contribution in [0, 0.1) is 13.8 Å². The molecule has 0 aliphatic rings. The van der Waals surface area contributed by atoms with Gasteiger partial charge in [0, 0.05) is 11.4 Å². The number of aromatic nitrogens is 2. The van der Waals surface area contributed by atoms with Crippen molar-refractivity contribution < 1.29 is 13.2 Å². The molecule has 0 saturated heterocycles. The van der Waals surface area contributed by atoms with Gasteiger partial charge in [-0.15, -0.1) is 0 Å². The summed E-state index contributed by atoms with van der Waals surface area (Å²) in [4.78, 5) is 12.5. The number of nitrogens with zero attached hydrogens (tertiary/aromatic N) is 1. The lowest BCUT2D eigenvalue weighted by Gasteiger charge is -2.09. The Hall–Kier alpha value is -3.13. The molecular weight excluding hydrogens is 352 g/mol. The van der Waals surface area contributed by atoms with E-state index >= 15 is 0 Å². The molecule has 0 bridgehead atoms. The van der Waals surface area contributed by atoms with Crippen LogP contribution < -0.4 is 10.0 Å². The van der Waals surface area contributed by atoms with Crippen molar-refractivity contribution in [3.8, 4) is 0 Å². The van der Waals surface area contributed by atoms with E-state index in [0.29, 0.717) is 11.4 Å². The third-order valence-electron chi connectivity index (χ3n) is 3.70. The van der Waals surface area contributed by atoms with Gasteiger partial charge in [0.15, 0.2) is 5.03 Å². The van der Waals surface area contributed by atoms with E-state index in [4.69, 9.17) is 0 Å². The highest BCUT2D eigenvalue weighted by molar-refractivity contribution is 7.92. The van der Waals surface area contributed by atoms with Crippen molar-refractivity contribution in [1.82, 2.24) is 10.2 Å². The summed E-state index contributed by atoms with van der Waals surface area (Å²) in [6, 6.07) is 14.1. The molecule has 1 heterocycles. The summed E-state index contributed by atoms with van der Waals surface area (Å²) in [7, 11) is -3.99. The maximum absolute atomic E-state index is 12.6. The fourth-order valence-electron chi connectivity index (χ4n) is 2.39. The van der Waals surface area contributed by atoms with Gasteiger partial charge in [-0.05, 0) is 43.7 Å². The van der Waals surface area contributed by atoms with Gasteiger partial charge in [-0.3, -0.25) is 14.6 Å². The van der Waals surface area contributed by atoms with Crippen LogP contribution in [0.1, 0.15) is 21.5 Å². The van der Waals surface area contributed by atoms with E-state index in [9.17, 15) is 13.2 Å². The van der Waals surface area contributed by atoms with Crippen molar-refractivity contribution >= 4 is 27.3 Å². The van der Waals surface area contributed by atoms with Crippen LogP contribution in [0.15, 0.2) is 59.8 Å². The van der Waals surface area contributed by atoms with Crippen molar-refractivity contribution in [3.05, 3.63) is 71.4 Å². The molecule has 0 radical (unpaired) electrons. The number of nitrogens with one attached hydrogen (secondary N) is 3. The highest BCUT2D eigenvalue weighted by Gasteiger charge is 2.25. The molecule has 26 heavy (non-hydrogen) atoms. The minimum Gasteiger partial charge on any atom is -0.322 e. The fourth-order valence-corrected chi connectivity index (χ4v) is 3.55. The first-order valence-corrected chi connectivity index (χ1v) is 9.34. The van der Waals surface area contributed by atoms with E-state index in [1.165, 1.54) is 6.20 Å². The van der Waals surface area contributed by atoms with Crippen molar-refractivity contribution in [1.29, 1.82) is 0 Å². The van der Waals surface area contributed by atoms with Crippen LogP contribution in [0.5, 0.6) is 0 Å². The molecule has 0 unspecified atom stereocenters. The molecule has 3 rings (SSSR count). The maximum Gasteiger partial charge on any atom is 0.279 e. The highest BCUT2D eigenvalue weighted by atomic mass is 32.2. The number of amides is 1. The summed E-state index contributed by atoms with van der Waals surface area (Å²) in [5.41, 5.74) is 2.89. The van der Waals surface area contributed by atoms with Crippen LogP contribution in [0.3, 0.4) is 0 Å². The predicted octanol–water partition coefficient (Wildman–Crippen LogP) is 3.08. The van der Waals surface area contributed by atoms with E-state index in [1.54, 1.807) is 42.5 Å². The Kier molecular flexibility index (Phi) is 4.77. The molecule has 0 atom stereocenters. The van der Waals surface area contributed by atoms with Crippen LogP contribution in [-0.4, -0.2) is 24.5 Å². The van der Waals surface area contributed by atoms with Crippen molar-refractivity contribution in [2.75, 3.05) is 10.0 Å². The molecule has 0 aliphatic carbocycles. The number of hydrogen-bond donors (Lipinski definition) is 3. The number of rotatable bonds is 5. The number of hydrogen-bond acceptors (Lipinski definition) is 4. The Labute approximate surface area is 151 Å². The lowest BCUT2D eigenvalue weighted by Crippen LogP contribution is -2.19. The number of aromatic amines is 1. The predicted molar refractivity (Wildman–Crippen MR) is 99.7 cm³/mol. The number of carbonyl (C=O) groups is 1. The Balaban J connectivity index is 1.84. The zero-order valence-electron chi connectivity index (χ0n) is 14.3. The lowest BCUT2D eigenvalue weighted by molar-refractivity contribution is 0.102. The van der Waals surface area contributed by atoms with Crippen molar-refractivity contribution in [2.24, 2.45) is 0 Å². The van der Waals surface area contributed by atoms with Gasteiger partial charge in [0.05, 0.1) is 11.8 Å². The molecule has 1 amide bonds. The van der Waals surface area contributed by atoms with Crippen LogP contribution in [0.25, 0.3) is 0 Å². The molecule has 0 saturated carbocycles. The smallest absolute Gasteiger partial charge is 0.279 e. The average Bonchev–Trinajstić information content (AvgIpc) is 3.08. The average molecular weight is 370 g/mol. The quantitative estimate of drug-likeness (QED) is 0.642. The summed E-state index contributed by atoms with van der Waals surface area (Å²) >= 11 is 0. The minimum atomic E-state index is -3.99. The van der Waals surface area contributed by atoms with Crippen LogP contribution >= 0.6 is 0 Å². The summed E-state index contributed by atoms with van der Waals surface area (Å²) in [5.74, 6) is -0.561. The second kappa shape index (κ2) is 7.01. The number of sulfonamides is 1. The second-order valence-corrected chi connectivity index (χ2v) is 7.53. The first-order valence-electron chi connectivity index (χ1n) is 7.86. The zero-order chi connectivity index (χ0) is 18.7. The molecular formula is C18H18N4O3S. The number of anilines is 2. The summed E-state index contributed by atoms with van der Waals surface area (Å²) < 4.78 is 27.7. The van der Waals surface area contributed by atoms with E-state index in [0.717, 1.165) is 11.1 Å². The van der Waals surface area contributed by atoms with Gasteiger partial charge in [-0.1, -0.05) is 29.8 Å². The first-order chi connectivity index (χ1) is 12.3. The van der Waals surface area contributed by atoms with E-state index in [1.807, 2.05) is 19.9 Å². The van der Waals surface area contributed by atoms with E-state index in [-0.39, 0.29) is 10.6 Å². The monoisotopic (exact) mass is 370 g/mol. The molecule has 7 nitrogen and oxygen atoms in total. The molecule has 0 spiro atoms. The molecule has 2 aromatic carbocycles. The summed E-state index contributed by atoms with van der Waals surface area (Å²) in [6.07, 6.45) is 1.19. The first kappa shape index (κ1) is 17.7. The van der Waals surface area contributed by atoms with Gasteiger partial charge in [0.2, 0.25) is 0 Å². The van der Waals surface area contributed by atoms with Crippen LogP contribution in [0.4, 0.5) is 11.4 Å². The highest BCUT2D eigenvalue weighted by Crippen LogP contribution is 2.19. The number of H-pyrrole nitrogens is 1. The van der Waals surface area contributed by atoms with Gasteiger partial charge in [-0.2, -0.15) is 13.5 Å². The SMILES string of the molecule is Cc1ccc(NS(=O)(=O)c2[nH]ncc2C(=O)Nc2cccc(C)c2)cc1. The van der Waals surface area contributed by atoms with Gasteiger partial charge in [0.1, 0.15) is 0 Å². The number of benzene rings is 2. The maximum atomic E-state index is 12.6. The summed E-state index contributed by atoms with van der Waals surface area (Å²) in [5, 5.41) is 8.50. The number of aryl methyl sites for hydroxylation is 2. The molecule has 134 valence electrons. The largest absolute Gasteiger partial charge is 0.322 e. The molecule has 0 fully saturated rings. The van der Waals surface area contributed by atoms with Crippen LogP contribution in [0.2, 0.25) is 0 Å². The summed E-state index contributed by atoms with van der Waals surface area (Å²) in [6.45, 7) is 3.80. The van der Waals surface area contributed by atoms with Gasteiger partial charge < -0.3 is 5.32 Å². The standard InChI is InChI=1S/C18H18N4O3S/c1-12-6-8-14(9-7-12)22-26(24,25)18-16(11-19-21-18)17(23)20-15-5-3-4-13(2)10-15/h3-11,22H,1-2H3,(H,19,21)(H,20,23). The normalized spacial score (nSPS) is 11.2. The molecule has 1 aromatic heterocycles. The van der Waals surface area contributed by atoms with Crippen molar-refractivity contribution in [3.63, 3.8) is 0 Å². The van der Waals surface area contributed by atoms with E-state index in [2.05, 4.69) is 20.2 Å².